The Bertz CT molecular complexity index is 1440. The van der Waals surface area contributed by atoms with Gasteiger partial charge >= 0.3 is 12.0 Å². The number of hydrogen-bond acceptors (Lipinski definition) is 7. The highest BCUT2D eigenvalue weighted by Gasteiger charge is 2.70. The first-order valence-electron chi connectivity index (χ1n) is 17.8. The molecule has 1 unspecified atom stereocenters. The van der Waals surface area contributed by atoms with Crippen molar-refractivity contribution < 1.29 is 33.5 Å². The molecule has 12 heteroatoms. The van der Waals surface area contributed by atoms with Crippen molar-refractivity contribution in [1.29, 1.82) is 0 Å². The number of rotatable bonds is 12. The number of fused-ring (bicyclic) bond motifs is 1. The van der Waals surface area contributed by atoms with Crippen molar-refractivity contribution in [2.24, 2.45) is 28.6 Å². The average Bonchev–Trinajstić information content (AvgIpc) is 3.92. The van der Waals surface area contributed by atoms with Crippen molar-refractivity contribution >= 4 is 35.5 Å². The van der Waals surface area contributed by atoms with Crippen LogP contribution in [0.3, 0.4) is 0 Å². The van der Waals surface area contributed by atoms with E-state index in [0.717, 1.165) is 37.7 Å². The molecule has 5 atom stereocenters. The van der Waals surface area contributed by atoms with Crippen molar-refractivity contribution in [3.63, 3.8) is 0 Å². The Morgan fingerprint density at radius 3 is 2.20 bits per heavy atom. The van der Waals surface area contributed by atoms with E-state index in [0.29, 0.717) is 25.8 Å². The van der Waals surface area contributed by atoms with Crippen LogP contribution in [0, 0.1) is 28.6 Å². The number of ketones is 1. The summed E-state index contributed by atoms with van der Waals surface area (Å²) in [7, 11) is 1.38. The van der Waals surface area contributed by atoms with Crippen molar-refractivity contribution in [2.45, 2.75) is 116 Å². The van der Waals surface area contributed by atoms with Crippen LogP contribution in [-0.2, 0) is 35.3 Å². The summed E-state index contributed by atoms with van der Waals surface area (Å²) >= 11 is 0. The minimum absolute atomic E-state index is 0.0723. The first kappa shape index (κ1) is 36.3. The number of benzene rings is 1. The number of amides is 5. The van der Waals surface area contributed by atoms with Gasteiger partial charge in [-0.05, 0) is 53.4 Å². The van der Waals surface area contributed by atoms with Gasteiger partial charge in [-0.1, -0.05) is 97.1 Å². The molecule has 0 spiro atoms. The molecule has 3 aliphatic carbocycles. The number of carbonyl (C=O) groups is 6. The van der Waals surface area contributed by atoms with Crippen molar-refractivity contribution in [3.8, 4) is 0 Å². The lowest BCUT2D eigenvalue weighted by molar-refractivity contribution is -0.154. The second-order valence-electron chi connectivity index (χ2n) is 16.2. The third-order valence-corrected chi connectivity index (χ3v) is 11.2. The number of esters is 1. The molecule has 0 bridgehead atoms. The Kier molecular flexibility index (Phi) is 10.5. The molecular weight excluding hydrogens is 626 g/mol. The van der Waals surface area contributed by atoms with Crippen molar-refractivity contribution in [1.82, 2.24) is 26.2 Å². The Balaban J connectivity index is 1.32. The van der Waals surface area contributed by atoms with Crippen LogP contribution in [0.1, 0.15) is 91.5 Å². The third kappa shape index (κ3) is 7.94. The van der Waals surface area contributed by atoms with Crippen LogP contribution < -0.4 is 21.3 Å². The number of urea groups is 1. The molecule has 5 amide bonds. The van der Waals surface area contributed by atoms with Crippen LogP contribution in [0.2, 0.25) is 0 Å². The fraction of sp³-hybridized carbons (Fsp3) is 0.676. The largest absolute Gasteiger partial charge is 0.459 e. The maximum Gasteiger partial charge on any atom is 0.332 e. The zero-order valence-electron chi connectivity index (χ0n) is 29.7. The van der Waals surface area contributed by atoms with E-state index in [-0.39, 0.29) is 29.8 Å². The maximum atomic E-state index is 14.4. The summed E-state index contributed by atoms with van der Waals surface area (Å²) in [4.78, 5) is 82.4. The Hall–Kier alpha value is -3.96. The van der Waals surface area contributed by atoms with Gasteiger partial charge < -0.3 is 30.9 Å². The highest BCUT2D eigenvalue weighted by atomic mass is 16.5. The lowest BCUT2D eigenvalue weighted by atomic mass is 9.81. The van der Waals surface area contributed by atoms with Gasteiger partial charge in [0.2, 0.25) is 17.6 Å². The van der Waals surface area contributed by atoms with E-state index < -0.39 is 64.6 Å². The van der Waals surface area contributed by atoms with E-state index in [4.69, 9.17) is 4.74 Å². The number of nitrogens with zero attached hydrogens (tertiary/aromatic N) is 1. The van der Waals surface area contributed by atoms with E-state index in [2.05, 4.69) is 35.1 Å². The first-order valence-corrected chi connectivity index (χ1v) is 17.8. The summed E-state index contributed by atoms with van der Waals surface area (Å²) in [6.45, 7) is 10.1. The van der Waals surface area contributed by atoms with Crippen LogP contribution >= 0.6 is 0 Å². The van der Waals surface area contributed by atoms with E-state index in [1.807, 2.05) is 51.1 Å². The monoisotopic (exact) mass is 679 g/mol. The van der Waals surface area contributed by atoms with Gasteiger partial charge in [0.05, 0.1) is 6.04 Å². The number of hydrogen-bond donors (Lipinski definition) is 4. The molecule has 12 nitrogen and oxygen atoms in total. The summed E-state index contributed by atoms with van der Waals surface area (Å²) < 4.78 is 5.70. The summed E-state index contributed by atoms with van der Waals surface area (Å²) in [5, 5.41) is 11.0. The minimum atomic E-state index is -1.22. The maximum absolute atomic E-state index is 14.4. The highest BCUT2D eigenvalue weighted by molar-refractivity contribution is 6.38. The number of likely N-dealkylation sites (tertiary alicyclic amines) is 1. The van der Waals surface area contributed by atoms with E-state index in [9.17, 15) is 28.8 Å². The van der Waals surface area contributed by atoms with Crippen molar-refractivity contribution in [2.75, 3.05) is 13.6 Å². The molecule has 0 radical (unpaired) electrons. The molecule has 4 aliphatic rings. The molecule has 1 aromatic carbocycles. The standard InChI is InChI=1S/C37H53N5O7/c1-35(2,3)29(40-34(48)41-37(17-11-8-12-18-37)33(47)49-21-23-13-9-7-10-14-23)32(46)42-20-24-26(36(24,4)5)27(42)30(44)39-25(19-22-15-16-22)28(43)31(45)38-6/h7,9-10,13-14,22,24-27,29H,8,11-12,15-21H2,1-6H3,(H,38,45)(H,39,44)(H2,40,41,48)/t24-,25?,26-,27-,29+/m0/s1. The van der Waals surface area contributed by atoms with Crippen LogP contribution in [-0.4, -0.2) is 77.7 Å². The second-order valence-corrected chi connectivity index (χ2v) is 16.2. The van der Waals surface area contributed by atoms with Gasteiger partial charge in [0.1, 0.15) is 24.2 Å². The number of nitrogens with one attached hydrogen (secondary N) is 4. The van der Waals surface area contributed by atoms with Crippen LogP contribution in [0.5, 0.6) is 0 Å². The zero-order valence-corrected chi connectivity index (χ0v) is 29.7. The van der Waals surface area contributed by atoms with Crippen molar-refractivity contribution in [3.05, 3.63) is 35.9 Å². The molecule has 4 fully saturated rings. The normalized spacial score (nSPS) is 24.8. The molecule has 0 aromatic heterocycles. The molecule has 1 aromatic rings. The molecule has 4 N–H and O–H groups in total. The zero-order chi connectivity index (χ0) is 35.7. The summed E-state index contributed by atoms with van der Waals surface area (Å²) in [5.41, 5.74) is -1.33. The molecule has 1 saturated heterocycles. The molecule has 5 rings (SSSR count). The Labute approximate surface area is 289 Å². The van der Waals surface area contributed by atoms with E-state index in [1.54, 1.807) is 0 Å². The fourth-order valence-electron chi connectivity index (χ4n) is 7.87. The van der Waals surface area contributed by atoms with Gasteiger partial charge in [0, 0.05) is 13.6 Å². The predicted octanol–water partition coefficient (Wildman–Crippen LogP) is 3.23. The van der Waals surface area contributed by atoms with Crippen LogP contribution in [0.4, 0.5) is 4.79 Å². The molecular formula is C37H53N5O7. The van der Waals surface area contributed by atoms with Gasteiger partial charge in [-0.2, -0.15) is 0 Å². The second kappa shape index (κ2) is 14.1. The summed E-state index contributed by atoms with van der Waals surface area (Å²) in [6, 6.07) is 5.82. The first-order chi connectivity index (χ1) is 23.1. The molecule has 1 heterocycles. The number of carbonyl (C=O) groups excluding carboxylic acids is 6. The summed E-state index contributed by atoms with van der Waals surface area (Å²) in [5.74, 6) is -2.64. The van der Waals surface area contributed by atoms with Crippen LogP contribution in [0.25, 0.3) is 0 Å². The highest BCUT2D eigenvalue weighted by Crippen LogP contribution is 2.65. The topological polar surface area (TPSA) is 163 Å². The van der Waals surface area contributed by atoms with Gasteiger partial charge in [0.15, 0.2) is 0 Å². The van der Waals surface area contributed by atoms with E-state index >= 15 is 0 Å². The minimum Gasteiger partial charge on any atom is -0.459 e. The smallest absolute Gasteiger partial charge is 0.332 e. The number of piperidine rings is 1. The Morgan fingerprint density at radius 2 is 1.61 bits per heavy atom. The van der Waals surface area contributed by atoms with Gasteiger partial charge in [-0.15, -0.1) is 0 Å². The average molecular weight is 680 g/mol. The lowest BCUT2D eigenvalue weighted by Crippen LogP contribution is -2.64. The number of Topliss-reactive ketones (excluding diaryl/α,β-unsaturated/α-hetero) is 1. The molecule has 268 valence electrons. The lowest BCUT2D eigenvalue weighted by Gasteiger charge is -2.39. The van der Waals surface area contributed by atoms with Gasteiger partial charge in [-0.25, -0.2) is 9.59 Å². The number of likely N-dealkylation sites (N-methyl/N-ethyl adjacent to an activating group) is 1. The van der Waals surface area contributed by atoms with Gasteiger partial charge in [-0.3, -0.25) is 19.2 Å². The molecule has 1 aliphatic heterocycles. The Morgan fingerprint density at radius 1 is 0.959 bits per heavy atom. The molecule has 49 heavy (non-hydrogen) atoms. The van der Waals surface area contributed by atoms with Gasteiger partial charge in [0.25, 0.3) is 5.91 Å². The fourth-order valence-corrected chi connectivity index (χ4v) is 7.87. The third-order valence-electron chi connectivity index (χ3n) is 11.2. The number of ether oxygens (including phenoxy) is 1. The van der Waals surface area contributed by atoms with Crippen LogP contribution in [0.15, 0.2) is 30.3 Å². The molecule has 3 saturated carbocycles. The predicted molar refractivity (Wildman–Crippen MR) is 182 cm³/mol. The summed E-state index contributed by atoms with van der Waals surface area (Å²) in [6.07, 6.45) is 5.52. The SMILES string of the molecule is CNC(=O)C(=O)C(CC1CC1)NC(=O)[C@@H]1[C@@H]2[C@H](CN1C(=O)[C@@H](NC(=O)NC1(C(=O)OCc3ccccc3)CCCCC1)C(C)(C)C)C2(C)C. The quantitative estimate of drug-likeness (QED) is 0.195. The van der Waals surface area contributed by atoms with E-state index in [1.165, 1.54) is 11.9 Å².